The van der Waals surface area contributed by atoms with E-state index in [0.29, 0.717) is 6.42 Å². The third-order valence-electron chi connectivity index (χ3n) is 5.19. The van der Waals surface area contributed by atoms with Crippen LogP contribution in [0.2, 0.25) is 0 Å². The minimum absolute atomic E-state index is 0.0947. The Morgan fingerprint density at radius 2 is 1.69 bits per heavy atom. The lowest BCUT2D eigenvalue weighted by Gasteiger charge is -2.19. The van der Waals surface area contributed by atoms with E-state index in [1.165, 1.54) is 0 Å². The number of ketones is 1. The number of rotatable bonds is 7. The molecule has 1 fully saturated rings. The first-order valence-electron chi connectivity index (χ1n) is 9.15. The Morgan fingerprint density at radius 3 is 2.15 bits per heavy atom. The molecule has 2 atom stereocenters. The molecule has 1 aromatic rings. The van der Waals surface area contributed by atoms with Gasteiger partial charge in [-0.25, -0.2) is 0 Å². The molecule has 0 unspecified atom stereocenters. The highest BCUT2D eigenvalue weighted by Gasteiger charge is 2.48. The molecule has 5 heteroatoms. The standard InChI is InChI=1S/C21H30O5/c1-7-12(4)17(22)16-19(24)13(9-8-11(2)3)18(23)14(20(16)25)10-15-21(5,6)26-15/h8,12,15,23-25H,7,9-10H2,1-6H3/t12-,15+/m1/s1. The maximum absolute atomic E-state index is 12.8. The number of aromatic hydroxyl groups is 3. The molecule has 0 spiro atoms. The number of carbonyl (C=O) groups excluding carboxylic acids is 1. The first kappa shape index (κ1) is 20.3. The van der Waals surface area contributed by atoms with E-state index in [-0.39, 0.29) is 70.2 Å². The molecule has 0 amide bonds. The summed E-state index contributed by atoms with van der Waals surface area (Å²) < 4.78 is 5.57. The van der Waals surface area contributed by atoms with Crippen LogP contribution in [-0.2, 0) is 17.6 Å². The molecule has 0 radical (unpaired) electrons. The monoisotopic (exact) mass is 362 g/mol. The smallest absolute Gasteiger partial charge is 0.173 e. The van der Waals surface area contributed by atoms with Gasteiger partial charge in [0, 0.05) is 23.5 Å². The van der Waals surface area contributed by atoms with Crippen molar-refractivity contribution >= 4 is 5.78 Å². The third-order valence-corrected chi connectivity index (χ3v) is 5.19. The quantitative estimate of drug-likeness (QED) is 0.383. The lowest BCUT2D eigenvalue weighted by Crippen LogP contribution is -2.14. The fourth-order valence-corrected chi connectivity index (χ4v) is 2.98. The van der Waals surface area contributed by atoms with E-state index in [2.05, 4.69) is 0 Å². The zero-order valence-corrected chi connectivity index (χ0v) is 16.5. The van der Waals surface area contributed by atoms with E-state index in [9.17, 15) is 20.1 Å². The Balaban J connectivity index is 2.60. The second kappa shape index (κ2) is 7.31. The second-order valence-electron chi connectivity index (χ2n) is 7.95. The van der Waals surface area contributed by atoms with Crippen LogP contribution in [0, 0.1) is 5.92 Å². The van der Waals surface area contributed by atoms with Gasteiger partial charge in [-0.3, -0.25) is 4.79 Å². The Kier molecular flexibility index (Phi) is 5.71. The average molecular weight is 362 g/mol. The van der Waals surface area contributed by atoms with Crippen LogP contribution in [0.5, 0.6) is 17.2 Å². The van der Waals surface area contributed by atoms with E-state index in [4.69, 9.17) is 4.74 Å². The Bertz CT molecular complexity index is 742. The summed E-state index contributed by atoms with van der Waals surface area (Å²) in [7, 11) is 0. The van der Waals surface area contributed by atoms with Crippen molar-refractivity contribution < 1.29 is 24.9 Å². The van der Waals surface area contributed by atoms with Gasteiger partial charge >= 0.3 is 0 Å². The summed E-state index contributed by atoms with van der Waals surface area (Å²) in [6.07, 6.45) is 2.88. The van der Waals surface area contributed by atoms with Gasteiger partial charge in [0.25, 0.3) is 0 Å². The van der Waals surface area contributed by atoms with Gasteiger partial charge in [-0.15, -0.1) is 0 Å². The summed E-state index contributed by atoms with van der Waals surface area (Å²) in [5, 5.41) is 32.1. The van der Waals surface area contributed by atoms with Crippen LogP contribution >= 0.6 is 0 Å². The molecule has 0 aromatic heterocycles. The number of epoxide rings is 1. The number of carbonyl (C=O) groups is 1. The minimum Gasteiger partial charge on any atom is -0.507 e. The highest BCUT2D eigenvalue weighted by Crippen LogP contribution is 2.47. The number of allylic oxidation sites excluding steroid dienone is 2. The van der Waals surface area contributed by atoms with Crippen molar-refractivity contribution in [2.45, 2.75) is 72.5 Å². The number of phenols is 3. The molecule has 0 saturated carbocycles. The van der Waals surface area contributed by atoms with Crippen LogP contribution in [-0.4, -0.2) is 32.8 Å². The number of Topliss-reactive ketones (excluding diaryl/α,β-unsaturated/α-hetero) is 1. The normalized spacial score (nSPS) is 19.1. The Morgan fingerprint density at radius 1 is 1.15 bits per heavy atom. The minimum atomic E-state index is -0.339. The van der Waals surface area contributed by atoms with Crippen LogP contribution in [0.1, 0.15) is 69.4 Å². The first-order chi connectivity index (χ1) is 12.0. The van der Waals surface area contributed by atoms with Gasteiger partial charge in [0.05, 0.1) is 11.7 Å². The van der Waals surface area contributed by atoms with E-state index in [1.54, 1.807) is 6.92 Å². The maximum atomic E-state index is 12.8. The van der Waals surface area contributed by atoms with Gasteiger partial charge in [-0.1, -0.05) is 25.5 Å². The van der Waals surface area contributed by atoms with Crippen molar-refractivity contribution in [3.8, 4) is 17.2 Å². The zero-order valence-electron chi connectivity index (χ0n) is 16.5. The fourth-order valence-electron chi connectivity index (χ4n) is 2.98. The van der Waals surface area contributed by atoms with E-state index in [0.717, 1.165) is 5.57 Å². The van der Waals surface area contributed by atoms with Crippen molar-refractivity contribution in [3.63, 3.8) is 0 Å². The third kappa shape index (κ3) is 3.88. The van der Waals surface area contributed by atoms with Gasteiger partial charge in [0.1, 0.15) is 22.8 Å². The second-order valence-corrected chi connectivity index (χ2v) is 7.95. The number of hydrogen-bond donors (Lipinski definition) is 3. The first-order valence-corrected chi connectivity index (χ1v) is 9.15. The molecule has 1 aliphatic heterocycles. The molecule has 3 N–H and O–H groups in total. The van der Waals surface area contributed by atoms with Crippen LogP contribution in [0.15, 0.2) is 11.6 Å². The van der Waals surface area contributed by atoms with Crippen molar-refractivity contribution in [1.29, 1.82) is 0 Å². The number of benzene rings is 1. The largest absolute Gasteiger partial charge is 0.507 e. The molecular weight excluding hydrogens is 332 g/mol. The van der Waals surface area contributed by atoms with Crippen LogP contribution in [0.25, 0.3) is 0 Å². The van der Waals surface area contributed by atoms with Crippen LogP contribution < -0.4 is 0 Å². The summed E-state index contributed by atoms with van der Waals surface area (Å²) in [4.78, 5) is 12.8. The molecule has 26 heavy (non-hydrogen) atoms. The predicted molar refractivity (Wildman–Crippen MR) is 101 cm³/mol. The molecule has 2 rings (SSSR count). The predicted octanol–water partition coefficient (Wildman–Crippen LogP) is 4.26. The molecule has 1 aliphatic rings. The molecule has 1 saturated heterocycles. The highest BCUT2D eigenvalue weighted by atomic mass is 16.6. The van der Waals surface area contributed by atoms with Crippen molar-refractivity contribution in [2.75, 3.05) is 0 Å². The SMILES string of the molecule is CC[C@@H](C)C(=O)c1c(O)c(CC=C(C)C)c(O)c(C[C@@H]2OC2(C)C)c1O. The van der Waals surface area contributed by atoms with Gasteiger partial charge in [0.15, 0.2) is 5.78 Å². The van der Waals surface area contributed by atoms with Crippen molar-refractivity contribution in [1.82, 2.24) is 0 Å². The lowest BCUT2D eigenvalue weighted by atomic mass is 9.88. The van der Waals surface area contributed by atoms with Gasteiger partial charge in [0.2, 0.25) is 0 Å². The summed E-state index contributed by atoms with van der Waals surface area (Å²) >= 11 is 0. The number of phenolic OH excluding ortho intramolecular Hbond substituents is 3. The number of hydrogen-bond acceptors (Lipinski definition) is 5. The summed E-state index contributed by atoms with van der Waals surface area (Å²) in [5.74, 6) is -1.49. The maximum Gasteiger partial charge on any atom is 0.173 e. The Labute approximate surface area is 155 Å². The van der Waals surface area contributed by atoms with E-state index >= 15 is 0 Å². The molecule has 5 nitrogen and oxygen atoms in total. The zero-order chi connectivity index (χ0) is 19.8. The van der Waals surface area contributed by atoms with Crippen molar-refractivity contribution in [3.05, 3.63) is 28.3 Å². The molecule has 0 aliphatic carbocycles. The summed E-state index contributed by atoms with van der Waals surface area (Å²) in [6.45, 7) is 11.3. The van der Waals surface area contributed by atoms with E-state index in [1.807, 2.05) is 40.7 Å². The van der Waals surface area contributed by atoms with Gasteiger partial charge in [-0.2, -0.15) is 0 Å². The summed E-state index contributed by atoms with van der Waals surface area (Å²) in [5.41, 5.74) is 1.14. The van der Waals surface area contributed by atoms with Crippen molar-refractivity contribution in [2.24, 2.45) is 5.92 Å². The van der Waals surface area contributed by atoms with Crippen LogP contribution in [0.4, 0.5) is 0 Å². The molecule has 1 heterocycles. The topological polar surface area (TPSA) is 90.3 Å². The molecule has 144 valence electrons. The Hall–Kier alpha value is -2.01. The molecular formula is C21H30O5. The average Bonchev–Trinajstić information content (AvgIpc) is 3.16. The molecule has 0 bridgehead atoms. The van der Waals surface area contributed by atoms with Crippen LogP contribution in [0.3, 0.4) is 0 Å². The van der Waals surface area contributed by atoms with Gasteiger partial charge < -0.3 is 20.1 Å². The molecule has 1 aromatic carbocycles. The summed E-state index contributed by atoms with van der Waals surface area (Å²) in [6, 6.07) is 0. The number of ether oxygens (including phenoxy) is 1. The van der Waals surface area contributed by atoms with Gasteiger partial charge in [-0.05, 0) is 40.5 Å². The lowest BCUT2D eigenvalue weighted by molar-refractivity contribution is 0.0921. The van der Waals surface area contributed by atoms with E-state index < -0.39 is 0 Å². The fraction of sp³-hybridized carbons (Fsp3) is 0.571. The highest BCUT2D eigenvalue weighted by molar-refractivity contribution is 6.03.